The van der Waals surface area contributed by atoms with Crippen LogP contribution in [-0.4, -0.2) is 60.0 Å². The molecule has 3 N–H and O–H groups in total. The van der Waals surface area contributed by atoms with Crippen LogP contribution in [0.25, 0.3) is 0 Å². The van der Waals surface area contributed by atoms with E-state index in [1.54, 1.807) is 0 Å². The van der Waals surface area contributed by atoms with E-state index in [0.717, 1.165) is 37.8 Å². The topological polar surface area (TPSA) is 55.7 Å². The predicted molar refractivity (Wildman–Crippen MR) is 77.1 cm³/mol. The molecule has 19 heavy (non-hydrogen) atoms. The van der Waals surface area contributed by atoms with Gasteiger partial charge < -0.3 is 15.5 Å². The molecule has 0 spiro atoms. The zero-order chi connectivity index (χ0) is 13.5. The summed E-state index contributed by atoms with van der Waals surface area (Å²) >= 11 is 0. The average Bonchev–Trinajstić information content (AvgIpc) is 2.34. The summed E-state index contributed by atoms with van der Waals surface area (Å²) in [5.74, 6) is 0.730. The number of piperidine rings is 1. The Morgan fingerprint density at radius 3 is 2.47 bits per heavy atom. The molecule has 2 fully saturated rings. The normalized spacial score (nSPS) is 29.4. The Balaban J connectivity index is 1.80. The molecule has 1 saturated carbocycles. The molecule has 1 saturated heterocycles. The SMILES string of the molecule is OCCCNC1CC(CCCO)CN(C2CCC2)C1. The summed E-state index contributed by atoms with van der Waals surface area (Å²) in [6.45, 7) is 3.92. The van der Waals surface area contributed by atoms with Crippen molar-refractivity contribution in [3.63, 3.8) is 0 Å². The molecule has 2 unspecified atom stereocenters. The van der Waals surface area contributed by atoms with Crippen molar-refractivity contribution in [2.24, 2.45) is 5.92 Å². The minimum absolute atomic E-state index is 0.278. The molecule has 2 rings (SSSR count). The van der Waals surface area contributed by atoms with Gasteiger partial charge in [-0.2, -0.15) is 0 Å². The molecular weight excluding hydrogens is 240 g/mol. The van der Waals surface area contributed by atoms with Crippen molar-refractivity contribution in [3.8, 4) is 0 Å². The van der Waals surface area contributed by atoms with Gasteiger partial charge in [-0.05, 0) is 51.0 Å². The third kappa shape index (κ3) is 4.71. The van der Waals surface area contributed by atoms with Crippen LogP contribution in [0.1, 0.15) is 44.9 Å². The molecule has 2 aliphatic rings. The van der Waals surface area contributed by atoms with Crippen LogP contribution >= 0.6 is 0 Å². The zero-order valence-corrected chi connectivity index (χ0v) is 12.1. The Kier molecular flexibility index (Phi) is 6.57. The number of nitrogens with zero attached hydrogens (tertiary/aromatic N) is 1. The molecule has 0 bridgehead atoms. The molecular formula is C15H30N2O2. The first-order valence-electron chi connectivity index (χ1n) is 8.02. The van der Waals surface area contributed by atoms with Gasteiger partial charge in [0.2, 0.25) is 0 Å². The van der Waals surface area contributed by atoms with Gasteiger partial charge in [0.1, 0.15) is 0 Å². The molecule has 4 nitrogen and oxygen atoms in total. The minimum Gasteiger partial charge on any atom is -0.396 e. The molecule has 0 aromatic heterocycles. The number of aliphatic hydroxyl groups is 2. The van der Waals surface area contributed by atoms with Crippen LogP contribution in [0.5, 0.6) is 0 Å². The highest BCUT2D eigenvalue weighted by Crippen LogP contribution is 2.30. The third-order valence-electron chi connectivity index (χ3n) is 4.69. The van der Waals surface area contributed by atoms with Crippen molar-refractivity contribution < 1.29 is 10.2 Å². The lowest BCUT2D eigenvalue weighted by molar-refractivity contribution is 0.0539. The van der Waals surface area contributed by atoms with Gasteiger partial charge >= 0.3 is 0 Å². The van der Waals surface area contributed by atoms with Gasteiger partial charge in [-0.3, -0.25) is 4.90 Å². The Morgan fingerprint density at radius 2 is 1.84 bits per heavy atom. The van der Waals surface area contributed by atoms with Crippen molar-refractivity contribution in [1.29, 1.82) is 0 Å². The number of likely N-dealkylation sites (tertiary alicyclic amines) is 1. The molecule has 4 heteroatoms. The number of hydrogen-bond acceptors (Lipinski definition) is 4. The number of aliphatic hydroxyl groups excluding tert-OH is 2. The number of nitrogens with one attached hydrogen (secondary N) is 1. The summed E-state index contributed by atoms with van der Waals surface area (Å²) < 4.78 is 0. The average molecular weight is 270 g/mol. The van der Waals surface area contributed by atoms with Crippen LogP contribution in [0.2, 0.25) is 0 Å². The molecule has 0 aromatic rings. The van der Waals surface area contributed by atoms with Crippen LogP contribution in [0.15, 0.2) is 0 Å². The highest BCUT2D eigenvalue weighted by Gasteiger charge is 2.33. The molecule has 1 aliphatic heterocycles. The fourth-order valence-electron chi connectivity index (χ4n) is 3.41. The van der Waals surface area contributed by atoms with E-state index < -0.39 is 0 Å². The van der Waals surface area contributed by atoms with Crippen molar-refractivity contribution in [3.05, 3.63) is 0 Å². The smallest absolute Gasteiger partial charge is 0.0443 e. The lowest BCUT2D eigenvalue weighted by Crippen LogP contribution is -2.54. The van der Waals surface area contributed by atoms with Crippen molar-refractivity contribution in [1.82, 2.24) is 10.2 Å². The van der Waals surface area contributed by atoms with Gasteiger partial charge in [0, 0.05) is 38.4 Å². The van der Waals surface area contributed by atoms with E-state index in [1.807, 2.05) is 0 Å². The zero-order valence-electron chi connectivity index (χ0n) is 12.1. The number of rotatable bonds is 8. The first-order valence-corrected chi connectivity index (χ1v) is 8.02. The van der Waals surface area contributed by atoms with Gasteiger partial charge in [-0.25, -0.2) is 0 Å². The van der Waals surface area contributed by atoms with E-state index in [1.165, 1.54) is 38.8 Å². The van der Waals surface area contributed by atoms with Gasteiger partial charge in [0.15, 0.2) is 0 Å². The molecule has 0 aromatic carbocycles. The fourth-order valence-corrected chi connectivity index (χ4v) is 3.41. The second-order valence-corrected chi connectivity index (χ2v) is 6.23. The monoisotopic (exact) mass is 270 g/mol. The maximum Gasteiger partial charge on any atom is 0.0443 e. The van der Waals surface area contributed by atoms with Gasteiger partial charge in [-0.1, -0.05) is 6.42 Å². The molecule has 0 radical (unpaired) electrons. The van der Waals surface area contributed by atoms with Crippen LogP contribution in [0, 0.1) is 5.92 Å². The van der Waals surface area contributed by atoms with Crippen molar-refractivity contribution in [2.45, 2.75) is 57.0 Å². The van der Waals surface area contributed by atoms with E-state index in [2.05, 4.69) is 10.2 Å². The maximum atomic E-state index is 9.01. The summed E-state index contributed by atoms with van der Waals surface area (Å²) in [7, 11) is 0. The van der Waals surface area contributed by atoms with Crippen molar-refractivity contribution >= 4 is 0 Å². The Morgan fingerprint density at radius 1 is 1.05 bits per heavy atom. The Labute approximate surface area is 117 Å². The predicted octanol–water partition coefficient (Wildman–Crippen LogP) is 0.974. The summed E-state index contributed by atoms with van der Waals surface area (Å²) in [5.41, 5.74) is 0. The lowest BCUT2D eigenvalue weighted by Gasteiger charge is -2.45. The Hall–Kier alpha value is -0.160. The van der Waals surface area contributed by atoms with E-state index >= 15 is 0 Å². The summed E-state index contributed by atoms with van der Waals surface area (Å²) in [4.78, 5) is 2.67. The van der Waals surface area contributed by atoms with Gasteiger partial charge in [0.05, 0.1) is 0 Å². The quantitative estimate of drug-likeness (QED) is 0.575. The maximum absolute atomic E-state index is 9.01. The first kappa shape index (κ1) is 15.2. The first-order chi connectivity index (χ1) is 9.33. The summed E-state index contributed by atoms with van der Waals surface area (Å²) in [6.07, 6.45) is 8.30. The third-order valence-corrected chi connectivity index (χ3v) is 4.69. The Bertz CT molecular complexity index is 246. The second-order valence-electron chi connectivity index (χ2n) is 6.23. The van der Waals surface area contributed by atoms with Crippen LogP contribution in [0.3, 0.4) is 0 Å². The highest BCUT2D eigenvalue weighted by molar-refractivity contribution is 4.89. The fraction of sp³-hybridized carbons (Fsp3) is 1.00. The van der Waals surface area contributed by atoms with Crippen LogP contribution in [-0.2, 0) is 0 Å². The van der Waals surface area contributed by atoms with Gasteiger partial charge in [-0.15, -0.1) is 0 Å². The number of hydrogen-bond donors (Lipinski definition) is 3. The van der Waals surface area contributed by atoms with E-state index in [4.69, 9.17) is 10.2 Å². The molecule has 1 heterocycles. The minimum atomic E-state index is 0.278. The second kappa shape index (κ2) is 8.20. The molecule has 112 valence electrons. The summed E-state index contributed by atoms with van der Waals surface area (Å²) in [6, 6.07) is 1.39. The van der Waals surface area contributed by atoms with E-state index in [-0.39, 0.29) is 6.61 Å². The van der Waals surface area contributed by atoms with Gasteiger partial charge in [0.25, 0.3) is 0 Å². The lowest BCUT2D eigenvalue weighted by atomic mass is 9.85. The summed E-state index contributed by atoms with van der Waals surface area (Å²) in [5, 5.41) is 21.5. The van der Waals surface area contributed by atoms with E-state index in [0.29, 0.717) is 12.6 Å². The van der Waals surface area contributed by atoms with Crippen molar-refractivity contribution in [2.75, 3.05) is 32.8 Å². The van der Waals surface area contributed by atoms with Crippen LogP contribution < -0.4 is 5.32 Å². The largest absolute Gasteiger partial charge is 0.396 e. The molecule has 0 amide bonds. The highest BCUT2D eigenvalue weighted by atomic mass is 16.3. The molecule has 1 aliphatic carbocycles. The van der Waals surface area contributed by atoms with Crippen LogP contribution in [0.4, 0.5) is 0 Å². The standard InChI is InChI=1S/C15H30N2O2/c18-8-2-4-13-10-14(16-7-3-9-19)12-17(11-13)15-5-1-6-15/h13-16,18-19H,1-12H2. The van der Waals surface area contributed by atoms with E-state index in [9.17, 15) is 0 Å². The molecule has 2 atom stereocenters.